The van der Waals surface area contributed by atoms with Gasteiger partial charge in [-0.25, -0.2) is 9.18 Å². The van der Waals surface area contributed by atoms with Crippen LogP contribution < -0.4 is 10.6 Å². The summed E-state index contributed by atoms with van der Waals surface area (Å²) in [5, 5.41) is 5.57. The van der Waals surface area contributed by atoms with Crippen molar-refractivity contribution in [2.24, 2.45) is 0 Å². The quantitative estimate of drug-likeness (QED) is 0.547. The number of nitrogens with one attached hydrogen (secondary N) is 2. The highest BCUT2D eigenvalue weighted by Crippen LogP contribution is 2.23. The van der Waals surface area contributed by atoms with Crippen LogP contribution in [0, 0.1) is 5.82 Å². The van der Waals surface area contributed by atoms with E-state index in [4.69, 9.17) is 16.3 Å². The number of halogens is 3. The van der Waals surface area contributed by atoms with E-state index < -0.39 is 35.7 Å². The molecular formula is C21H21BrClFN2O4. The average Bonchev–Trinajstić information content (AvgIpc) is 2.70. The molecule has 0 aromatic heterocycles. The van der Waals surface area contributed by atoms with Gasteiger partial charge < -0.3 is 15.4 Å². The minimum Gasteiger partial charge on any atom is -0.467 e. The standard InChI is InChI=1S/C21H21BrClFN2O4/c1-12(27)25-18(10-13-5-3-4-6-17(13)24)20(28)26-19(21(29)30-2)11-14-9-15(23)7-8-16(14)22/h3-9,18-19H,10-11H2,1-2H3,(H,25,27)(H,26,28)/t18-,19-/m1/s1. The Morgan fingerprint density at radius 2 is 1.73 bits per heavy atom. The van der Waals surface area contributed by atoms with E-state index in [0.29, 0.717) is 15.1 Å². The molecule has 2 aromatic carbocycles. The highest BCUT2D eigenvalue weighted by Gasteiger charge is 2.28. The Bertz CT molecular complexity index is 941. The fourth-order valence-corrected chi connectivity index (χ4v) is 3.47. The van der Waals surface area contributed by atoms with Gasteiger partial charge in [0.15, 0.2) is 0 Å². The smallest absolute Gasteiger partial charge is 0.328 e. The van der Waals surface area contributed by atoms with Gasteiger partial charge in [0.25, 0.3) is 0 Å². The Balaban J connectivity index is 2.23. The van der Waals surface area contributed by atoms with Gasteiger partial charge in [0.2, 0.25) is 11.8 Å². The number of hydrogen-bond acceptors (Lipinski definition) is 4. The van der Waals surface area contributed by atoms with E-state index in [-0.39, 0.29) is 18.4 Å². The number of rotatable bonds is 8. The maximum Gasteiger partial charge on any atom is 0.328 e. The first-order valence-corrected chi connectivity index (χ1v) is 10.2. The summed E-state index contributed by atoms with van der Waals surface area (Å²) < 4.78 is 19.5. The van der Waals surface area contributed by atoms with Crippen LogP contribution in [-0.4, -0.2) is 37.0 Å². The first-order valence-electron chi connectivity index (χ1n) is 9.04. The maximum atomic E-state index is 14.0. The van der Waals surface area contributed by atoms with E-state index in [1.807, 2.05) is 0 Å². The molecule has 0 unspecified atom stereocenters. The number of ether oxygens (including phenoxy) is 1. The largest absolute Gasteiger partial charge is 0.467 e. The lowest BCUT2D eigenvalue weighted by Crippen LogP contribution is -2.53. The van der Waals surface area contributed by atoms with E-state index in [1.54, 1.807) is 24.3 Å². The molecule has 2 amide bonds. The SMILES string of the molecule is COC(=O)[C@@H](Cc1cc(Cl)ccc1Br)NC(=O)[C@@H](Cc1ccccc1F)NC(C)=O. The zero-order valence-corrected chi connectivity index (χ0v) is 18.7. The molecule has 0 aliphatic rings. The first-order chi connectivity index (χ1) is 14.2. The van der Waals surface area contributed by atoms with Crippen LogP contribution in [0.15, 0.2) is 46.9 Å². The molecule has 160 valence electrons. The predicted molar refractivity (Wildman–Crippen MR) is 115 cm³/mol. The highest BCUT2D eigenvalue weighted by molar-refractivity contribution is 9.10. The van der Waals surface area contributed by atoms with Gasteiger partial charge in [0.05, 0.1) is 7.11 Å². The minimum absolute atomic E-state index is 0.0765. The van der Waals surface area contributed by atoms with Gasteiger partial charge in [-0.1, -0.05) is 45.7 Å². The molecule has 0 saturated heterocycles. The molecule has 0 aliphatic heterocycles. The second-order valence-corrected chi connectivity index (χ2v) is 7.86. The lowest BCUT2D eigenvalue weighted by molar-refractivity contribution is -0.145. The molecule has 0 radical (unpaired) electrons. The minimum atomic E-state index is -1.07. The van der Waals surface area contributed by atoms with Crippen molar-refractivity contribution in [2.45, 2.75) is 31.8 Å². The molecule has 0 saturated carbocycles. The number of esters is 1. The molecule has 6 nitrogen and oxygen atoms in total. The molecular weight excluding hydrogens is 479 g/mol. The van der Waals surface area contributed by atoms with Crippen molar-refractivity contribution in [2.75, 3.05) is 7.11 Å². The molecule has 30 heavy (non-hydrogen) atoms. The Morgan fingerprint density at radius 1 is 1.07 bits per heavy atom. The molecule has 0 aliphatic carbocycles. The number of benzene rings is 2. The van der Waals surface area contributed by atoms with Gasteiger partial charge in [-0.2, -0.15) is 0 Å². The fourth-order valence-electron chi connectivity index (χ4n) is 2.87. The van der Waals surface area contributed by atoms with Crippen molar-refractivity contribution >= 4 is 45.3 Å². The predicted octanol–water partition coefficient (Wildman–Crippen LogP) is 3.19. The van der Waals surface area contributed by atoms with Crippen molar-refractivity contribution in [1.82, 2.24) is 10.6 Å². The van der Waals surface area contributed by atoms with E-state index >= 15 is 0 Å². The Morgan fingerprint density at radius 3 is 2.37 bits per heavy atom. The summed E-state index contributed by atoms with van der Waals surface area (Å²) in [4.78, 5) is 36.7. The van der Waals surface area contributed by atoms with Crippen molar-refractivity contribution in [3.05, 3.63) is 68.9 Å². The summed E-state index contributed by atoms with van der Waals surface area (Å²) in [7, 11) is 1.21. The highest BCUT2D eigenvalue weighted by atomic mass is 79.9. The van der Waals surface area contributed by atoms with Crippen LogP contribution in [0.4, 0.5) is 4.39 Å². The van der Waals surface area contributed by atoms with Crippen molar-refractivity contribution < 1.29 is 23.5 Å². The summed E-state index contributed by atoms with van der Waals surface area (Å²) in [6.45, 7) is 1.25. The Kier molecular flexibility index (Phi) is 8.80. The van der Waals surface area contributed by atoms with Crippen LogP contribution in [0.5, 0.6) is 0 Å². The summed E-state index contributed by atoms with van der Waals surface area (Å²) in [6, 6.07) is 8.93. The Hall–Kier alpha value is -2.45. The number of carbonyl (C=O) groups excluding carboxylic acids is 3. The average molecular weight is 500 g/mol. The fraction of sp³-hybridized carbons (Fsp3) is 0.286. The zero-order valence-electron chi connectivity index (χ0n) is 16.4. The van der Waals surface area contributed by atoms with Gasteiger partial charge in [0.1, 0.15) is 17.9 Å². The third-order valence-electron chi connectivity index (χ3n) is 4.31. The van der Waals surface area contributed by atoms with Crippen LogP contribution in [0.3, 0.4) is 0 Å². The van der Waals surface area contributed by atoms with E-state index in [2.05, 4.69) is 26.6 Å². The van der Waals surface area contributed by atoms with Crippen molar-refractivity contribution in [1.29, 1.82) is 0 Å². The lowest BCUT2D eigenvalue weighted by Gasteiger charge is -2.22. The van der Waals surface area contributed by atoms with Gasteiger partial charge in [-0.15, -0.1) is 0 Å². The Labute approximate surface area is 187 Å². The topological polar surface area (TPSA) is 84.5 Å². The van der Waals surface area contributed by atoms with Crippen molar-refractivity contribution in [3.63, 3.8) is 0 Å². The molecule has 0 fully saturated rings. The summed E-state index contributed by atoms with van der Waals surface area (Å²) in [6.07, 6.45) is 0.0267. The van der Waals surface area contributed by atoms with Gasteiger partial charge in [0, 0.05) is 29.3 Å². The molecule has 0 bridgehead atoms. The van der Waals surface area contributed by atoms with Gasteiger partial charge in [-0.05, 0) is 35.4 Å². The normalized spacial score (nSPS) is 12.6. The summed E-state index contributed by atoms with van der Waals surface area (Å²) >= 11 is 9.41. The second kappa shape index (κ2) is 11.1. The molecule has 2 N–H and O–H groups in total. The molecule has 0 heterocycles. The number of hydrogen-bond donors (Lipinski definition) is 2. The first kappa shape index (κ1) is 23.8. The molecule has 2 rings (SSSR count). The maximum absolute atomic E-state index is 14.0. The van der Waals surface area contributed by atoms with E-state index in [1.165, 1.54) is 32.2 Å². The number of methoxy groups -OCH3 is 1. The van der Waals surface area contributed by atoms with E-state index in [9.17, 15) is 18.8 Å². The van der Waals surface area contributed by atoms with Gasteiger partial charge >= 0.3 is 5.97 Å². The van der Waals surface area contributed by atoms with Gasteiger partial charge in [-0.3, -0.25) is 9.59 Å². The van der Waals surface area contributed by atoms with E-state index in [0.717, 1.165) is 0 Å². The van der Waals surface area contributed by atoms with Crippen LogP contribution in [0.2, 0.25) is 5.02 Å². The van der Waals surface area contributed by atoms with Crippen LogP contribution in [-0.2, 0) is 32.0 Å². The van der Waals surface area contributed by atoms with Crippen LogP contribution in [0.1, 0.15) is 18.1 Å². The lowest BCUT2D eigenvalue weighted by atomic mass is 10.0. The summed E-state index contributed by atoms with van der Waals surface area (Å²) in [5.41, 5.74) is 0.946. The number of carbonyl (C=O) groups is 3. The molecule has 2 atom stereocenters. The number of amides is 2. The van der Waals surface area contributed by atoms with Crippen LogP contribution in [0.25, 0.3) is 0 Å². The zero-order chi connectivity index (χ0) is 22.3. The third-order valence-corrected chi connectivity index (χ3v) is 5.32. The monoisotopic (exact) mass is 498 g/mol. The molecule has 2 aromatic rings. The molecule has 9 heteroatoms. The van der Waals surface area contributed by atoms with Crippen LogP contribution >= 0.6 is 27.5 Å². The second-order valence-electron chi connectivity index (χ2n) is 6.57. The summed E-state index contributed by atoms with van der Waals surface area (Å²) in [5.74, 6) is -2.25. The molecule has 0 spiro atoms. The van der Waals surface area contributed by atoms with Crippen molar-refractivity contribution in [3.8, 4) is 0 Å². The third kappa shape index (κ3) is 6.81.